The monoisotopic (exact) mass is 266 g/mol. The molecule has 1 saturated heterocycles. The summed E-state index contributed by atoms with van der Waals surface area (Å²) in [6, 6.07) is 0. The van der Waals surface area contributed by atoms with Gasteiger partial charge in [-0.1, -0.05) is 13.3 Å². The Morgan fingerprint density at radius 2 is 2.26 bits per heavy atom. The van der Waals surface area contributed by atoms with E-state index in [1.54, 1.807) is 7.11 Å². The average molecular weight is 266 g/mol. The number of nitrogens with zero attached hydrogens (tertiary/aromatic N) is 4. The zero-order valence-electron chi connectivity index (χ0n) is 12.4. The summed E-state index contributed by atoms with van der Waals surface area (Å²) in [5.41, 5.74) is 0. The molecule has 5 nitrogen and oxygen atoms in total. The molecule has 19 heavy (non-hydrogen) atoms. The first-order valence-corrected chi connectivity index (χ1v) is 7.35. The molecule has 0 bridgehead atoms. The van der Waals surface area contributed by atoms with Crippen molar-refractivity contribution in [3.8, 4) is 0 Å². The minimum Gasteiger partial charge on any atom is -0.377 e. The van der Waals surface area contributed by atoms with Crippen LogP contribution < -0.4 is 0 Å². The lowest BCUT2D eigenvalue weighted by atomic mass is 9.97. The van der Waals surface area contributed by atoms with Crippen LogP contribution in [0.5, 0.6) is 0 Å². The molecule has 1 aromatic rings. The van der Waals surface area contributed by atoms with Gasteiger partial charge in [0.2, 0.25) is 0 Å². The summed E-state index contributed by atoms with van der Waals surface area (Å²) in [5.74, 6) is 2.50. The molecule has 1 fully saturated rings. The second-order valence-corrected chi connectivity index (χ2v) is 5.50. The number of unbranched alkanes of at least 4 members (excludes halogenated alkanes) is 1. The number of likely N-dealkylation sites (tertiary alicyclic amines) is 1. The van der Waals surface area contributed by atoms with Crippen LogP contribution in [0.4, 0.5) is 0 Å². The molecule has 0 aromatic carbocycles. The molecule has 2 rings (SSSR count). The second kappa shape index (κ2) is 7.01. The van der Waals surface area contributed by atoms with Gasteiger partial charge in [-0.15, -0.1) is 0 Å². The largest absolute Gasteiger partial charge is 0.377 e. The summed E-state index contributed by atoms with van der Waals surface area (Å²) in [6.45, 7) is 5.99. The summed E-state index contributed by atoms with van der Waals surface area (Å²) < 4.78 is 7.27. The Bertz CT molecular complexity index is 391. The number of hydrogen-bond acceptors (Lipinski definition) is 4. The average Bonchev–Trinajstić information content (AvgIpc) is 2.80. The van der Waals surface area contributed by atoms with E-state index in [0.29, 0.717) is 12.5 Å². The molecule has 5 heteroatoms. The lowest BCUT2D eigenvalue weighted by Crippen LogP contribution is -2.32. The van der Waals surface area contributed by atoms with E-state index in [9.17, 15) is 0 Å². The Balaban J connectivity index is 2.15. The van der Waals surface area contributed by atoms with Crippen molar-refractivity contribution in [2.24, 2.45) is 0 Å². The van der Waals surface area contributed by atoms with E-state index in [-0.39, 0.29) is 0 Å². The fourth-order valence-electron chi connectivity index (χ4n) is 2.74. The van der Waals surface area contributed by atoms with Crippen LogP contribution in [0.15, 0.2) is 0 Å². The molecular weight excluding hydrogens is 240 g/mol. The number of rotatable bonds is 6. The predicted octanol–water partition coefficient (Wildman–Crippen LogP) is 2.03. The molecule has 1 unspecified atom stereocenters. The summed E-state index contributed by atoms with van der Waals surface area (Å²) >= 11 is 0. The normalized spacial score (nSPS) is 20.9. The van der Waals surface area contributed by atoms with Crippen LogP contribution in [0.2, 0.25) is 0 Å². The Kier molecular flexibility index (Phi) is 5.34. The first-order valence-electron chi connectivity index (χ1n) is 7.35. The van der Waals surface area contributed by atoms with E-state index in [1.807, 2.05) is 0 Å². The topological polar surface area (TPSA) is 43.2 Å². The van der Waals surface area contributed by atoms with Crippen LogP contribution in [0.3, 0.4) is 0 Å². The molecule has 0 saturated carbocycles. The van der Waals surface area contributed by atoms with E-state index in [1.165, 1.54) is 25.8 Å². The minimum absolute atomic E-state index is 0.509. The highest BCUT2D eigenvalue weighted by atomic mass is 16.5. The number of aromatic nitrogens is 3. The van der Waals surface area contributed by atoms with Gasteiger partial charge >= 0.3 is 0 Å². The summed E-state index contributed by atoms with van der Waals surface area (Å²) in [5, 5.41) is 4.60. The lowest BCUT2D eigenvalue weighted by Gasteiger charge is -2.29. The van der Waals surface area contributed by atoms with Gasteiger partial charge in [0, 0.05) is 26.1 Å². The van der Waals surface area contributed by atoms with Crippen molar-refractivity contribution >= 4 is 0 Å². The van der Waals surface area contributed by atoms with Crippen molar-refractivity contribution in [1.29, 1.82) is 0 Å². The number of likely N-dealkylation sites (N-methyl/N-ethyl adjacent to an activating group) is 1. The lowest BCUT2D eigenvalue weighted by molar-refractivity contribution is 0.177. The fourth-order valence-corrected chi connectivity index (χ4v) is 2.74. The van der Waals surface area contributed by atoms with Crippen molar-refractivity contribution in [3.63, 3.8) is 0 Å². The maximum Gasteiger partial charge on any atom is 0.176 e. The summed E-state index contributed by atoms with van der Waals surface area (Å²) in [4.78, 5) is 7.10. The van der Waals surface area contributed by atoms with E-state index in [4.69, 9.17) is 9.72 Å². The molecule has 1 atom stereocenters. The molecule has 0 radical (unpaired) electrons. The van der Waals surface area contributed by atoms with Gasteiger partial charge in [-0.25, -0.2) is 9.67 Å². The molecule has 0 spiro atoms. The Labute approximate surface area is 116 Å². The molecular formula is C14H26N4O. The quantitative estimate of drug-likeness (QED) is 0.790. The highest BCUT2D eigenvalue weighted by Crippen LogP contribution is 2.25. The van der Waals surface area contributed by atoms with Gasteiger partial charge in [0.25, 0.3) is 0 Å². The third kappa shape index (κ3) is 3.76. The van der Waals surface area contributed by atoms with Gasteiger partial charge in [0.15, 0.2) is 5.82 Å². The SMILES string of the molecule is CCCCn1nc(COC)nc1C1CCCN(C)C1. The zero-order valence-corrected chi connectivity index (χ0v) is 12.4. The fraction of sp³-hybridized carbons (Fsp3) is 0.857. The molecule has 0 aliphatic carbocycles. The maximum atomic E-state index is 5.16. The van der Waals surface area contributed by atoms with Crippen LogP contribution in [0.1, 0.15) is 50.2 Å². The molecule has 0 N–H and O–H groups in total. The van der Waals surface area contributed by atoms with E-state index in [2.05, 4.69) is 28.7 Å². The first kappa shape index (κ1) is 14.5. The van der Waals surface area contributed by atoms with Crippen LogP contribution in [0.25, 0.3) is 0 Å². The predicted molar refractivity (Wildman–Crippen MR) is 75.1 cm³/mol. The van der Waals surface area contributed by atoms with Crippen LogP contribution >= 0.6 is 0 Å². The zero-order chi connectivity index (χ0) is 13.7. The highest BCUT2D eigenvalue weighted by molar-refractivity contribution is 5.02. The second-order valence-electron chi connectivity index (χ2n) is 5.50. The van der Waals surface area contributed by atoms with Gasteiger partial charge in [-0.3, -0.25) is 0 Å². The maximum absolute atomic E-state index is 5.16. The molecule has 0 amide bonds. The third-order valence-corrected chi connectivity index (χ3v) is 3.73. The van der Waals surface area contributed by atoms with E-state index >= 15 is 0 Å². The highest BCUT2D eigenvalue weighted by Gasteiger charge is 2.24. The molecule has 2 heterocycles. The van der Waals surface area contributed by atoms with Crippen LogP contribution in [0, 0.1) is 0 Å². The van der Waals surface area contributed by atoms with Gasteiger partial charge in [0.05, 0.1) is 0 Å². The Hall–Kier alpha value is -0.940. The number of aryl methyl sites for hydroxylation is 1. The summed E-state index contributed by atoms with van der Waals surface area (Å²) in [7, 11) is 3.88. The standard InChI is InChI=1S/C14H26N4O/c1-4-5-9-18-14(15-13(16-18)11-19-3)12-7-6-8-17(2)10-12/h12H,4-11H2,1-3H3. The van der Waals surface area contributed by atoms with Gasteiger partial charge in [-0.2, -0.15) is 5.10 Å². The van der Waals surface area contributed by atoms with E-state index in [0.717, 1.165) is 31.2 Å². The van der Waals surface area contributed by atoms with Crippen LogP contribution in [-0.2, 0) is 17.9 Å². The molecule has 108 valence electrons. The molecule has 1 aliphatic heterocycles. The van der Waals surface area contributed by atoms with Crippen molar-refractivity contribution in [2.75, 3.05) is 27.2 Å². The number of methoxy groups -OCH3 is 1. The molecule has 1 aliphatic rings. The van der Waals surface area contributed by atoms with Gasteiger partial charge in [0.1, 0.15) is 12.4 Å². The smallest absolute Gasteiger partial charge is 0.176 e. The van der Waals surface area contributed by atoms with Crippen molar-refractivity contribution in [3.05, 3.63) is 11.6 Å². The van der Waals surface area contributed by atoms with Gasteiger partial charge < -0.3 is 9.64 Å². The number of hydrogen-bond donors (Lipinski definition) is 0. The van der Waals surface area contributed by atoms with Crippen LogP contribution in [-0.4, -0.2) is 46.9 Å². The molecule has 1 aromatic heterocycles. The van der Waals surface area contributed by atoms with E-state index < -0.39 is 0 Å². The van der Waals surface area contributed by atoms with Crippen molar-refractivity contribution < 1.29 is 4.74 Å². The summed E-state index contributed by atoms with van der Waals surface area (Å²) in [6.07, 6.45) is 4.82. The van der Waals surface area contributed by atoms with Crippen molar-refractivity contribution in [1.82, 2.24) is 19.7 Å². The first-order chi connectivity index (χ1) is 9.24. The van der Waals surface area contributed by atoms with Crippen molar-refractivity contribution in [2.45, 2.75) is 51.7 Å². The Morgan fingerprint density at radius 3 is 2.95 bits per heavy atom. The minimum atomic E-state index is 0.509. The van der Waals surface area contributed by atoms with Gasteiger partial charge in [-0.05, 0) is 32.9 Å². The Morgan fingerprint density at radius 1 is 1.42 bits per heavy atom. The number of ether oxygens (including phenoxy) is 1. The number of piperidine rings is 1. The third-order valence-electron chi connectivity index (χ3n) is 3.73.